The lowest BCUT2D eigenvalue weighted by Gasteiger charge is -2.33. The van der Waals surface area contributed by atoms with Crippen LogP contribution in [0.4, 0.5) is 0 Å². The van der Waals surface area contributed by atoms with Crippen molar-refractivity contribution in [2.45, 2.75) is 25.3 Å². The molecule has 138 valence electrons. The van der Waals surface area contributed by atoms with E-state index in [1.165, 1.54) is 5.56 Å². The van der Waals surface area contributed by atoms with Crippen LogP contribution in [-0.4, -0.2) is 47.4 Å². The number of benzene rings is 2. The molecular weight excluding hydrogens is 330 g/mol. The van der Waals surface area contributed by atoms with Crippen molar-refractivity contribution in [3.05, 3.63) is 65.2 Å². The molecule has 2 N–H and O–H groups in total. The van der Waals surface area contributed by atoms with E-state index in [-0.39, 0.29) is 6.61 Å². The number of aromatic carboxylic acids is 1. The van der Waals surface area contributed by atoms with Gasteiger partial charge in [-0.05, 0) is 60.7 Å². The summed E-state index contributed by atoms with van der Waals surface area (Å²) in [5.41, 5.74) is 2.64. The lowest BCUT2D eigenvalue weighted by Crippen LogP contribution is -2.33. The highest BCUT2D eigenvalue weighted by molar-refractivity contribution is 5.87. The normalized spacial score (nSPS) is 17.8. The van der Waals surface area contributed by atoms with E-state index in [1.807, 2.05) is 30.3 Å². The van der Waals surface area contributed by atoms with Gasteiger partial charge in [0.2, 0.25) is 0 Å². The smallest absolute Gasteiger partial charge is 0.335 e. The molecule has 1 atom stereocenters. The number of carboxylic acid groups (broad SMARTS) is 1. The van der Waals surface area contributed by atoms with Crippen LogP contribution in [0.15, 0.2) is 48.5 Å². The molecule has 0 amide bonds. The van der Waals surface area contributed by atoms with Crippen LogP contribution < -0.4 is 4.74 Å². The first-order valence-electron chi connectivity index (χ1n) is 9.04. The van der Waals surface area contributed by atoms with Crippen molar-refractivity contribution >= 4 is 5.97 Å². The zero-order chi connectivity index (χ0) is 18.4. The number of carbonyl (C=O) groups is 1. The van der Waals surface area contributed by atoms with Gasteiger partial charge < -0.3 is 14.9 Å². The van der Waals surface area contributed by atoms with Crippen molar-refractivity contribution in [1.29, 1.82) is 0 Å². The third kappa shape index (κ3) is 4.84. The van der Waals surface area contributed by atoms with Crippen molar-refractivity contribution in [2.75, 3.05) is 26.3 Å². The summed E-state index contributed by atoms with van der Waals surface area (Å²) in [6, 6.07) is 15.3. The van der Waals surface area contributed by atoms with Crippen molar-refractivity contribution in [2.24, 2.45) is 0 Å². The number of rotatable bonds is 7. The maximum Gasteiger partial charge on any atom is 0.335 e. The van der Waals surface area contributed by atoms with Crippen molar-refractivity contribution in [3.63, 3.8) is 0 Å². The second-order valence-corrected chi connectivity index (χ2v) is 6.72. The minimum absolute atomic E-state index is 0.00738. The second-order valence-electron chi connectivity index (χ2n) is 6.72. The first kappa shape index (κ1) is 18.4. The zero-order valence-corrected chi connectivity index (χ0v) is 14.8. The van der Waals surface area contributed by atoms with Crippen LogP contribution in [0.1, 0.15) is 40.2 Å². The van der Waals surface area contributed by atoms with Crippen LogP contribution in [0.5, 0.6) is 5.75 Å². The van der Waals surface area contributed by atoms with Gasteiger partial charge in [-0.1, -0.05) is 24.3 Å². The van der Waals surface area contributed by atoms with Gasteiger partial charge in [-0.25, -0.2) is 4.79 Å². The van der Waals surface area contributed by atoms with E-state index in [4.69, 9.17) is 9.84 Å². The molecule has 0 aromatic heterocycles. The number of ether oxygens (including phenoxy) is 1. The number of aliphatic hydroxyl groups excluding tert-OH is 1. The first-order chi connectivity index (χ1) is 12.7. The summed E-state index contributed by atoms with van der Waals surface area (Å²) in [4.78, 5) is 13.6. The van der Waals surface area contributed by atoms with Gasteiger partial charge in [0.1, 0.15) is 12.4 Å². The van der Waals surface area contributed by atoms with Crippen LogP contribution in [0.3, 0.4) is 0 Å². The Labute approximate surface area is 153 Å². The molecule has 0 saturated carbocycles. The highest BCUT2D eigenvalue weighted by atomic mass is 16.5. The number of nitrogens with zero attached hydrogens (tertiary/aromatic N) is 1. The summed E-state index contributed by atoms with van der Waals surface area (Å²) in [5.74, 6) is 0.260. The fourth-order valence-electron chi connectivity index (χ4n) is 3.55. The predicted octanol–water partition coefficient (Wildman–Crippen LogP) is 3.14. The number of carboxylic acids is 1. The molecule has 0 radical (unpaired) electrons. The molecule has 0 aliphatic carbocycles. The fraction of sp³-hybridized carbons (Fsp3) is 0.381. The SMILES string of the molecule is O=C(O)c1cccc([C@H]2CCCN(Cc3cccc(OCCO)c3)C2)c1. The van der Waals surface area contributed by atoms with Crippen molar-refractivity contribution in [1.82, 2.24) is 4.90 Å². The van der Waals surface area contributed by atoms with E-state index < -0.39 is 5.97 Å². The summed E-state index contributed by atoms with van der Waals surface area (Å²) >= 11 is 0. The third-order valence-electron chi connectivity index (χ3n) is 4.78. The monoisotopic (exact) mass is 355 g/mol. The molecule has 0 unspecified atom stereocenters. The molecule has 5 nitrogen and oxygen atoms in total. The van der Waals surface area contributed by atoms with Crippen molar-refractivity contribution in [3.8, 4) is 5.75 Å². The molecule has 2 aromatic rings. The Morgan fingerprint density at radius 3 is 2.85 bits per heavy atom. The Morgan fingerprint density at radius 1 is 1.19 bits per heavy atom. The third-order valence-corrected chi connectivity index (χ3v) is 4.78. The summed E-state index contributed by atoms with van der Waals surface area (Å²) in [5, 5.41) is 18.1. The van der Waals surface area contributed by atoms with E-state index in [0.717, 1.165) is 43.8 Å². The Hall–Kier alpha value is -2.37. The topological polar surface area (TPSA) is 70.0 Å². The van der Waals surface area contributed by atoms with Gasteiger partial charge in [0.25, 0.3) is 0 Å². The Bertz CT molecular complexity index is 746. The van der Waals surface area contributed by atoms with Crippen LogP contribution in [-0.2, 0) is 6.54 Å². The number of piperidine rings is 1. The average Bonchev–Trinajstić information content (AvgIpc) is 2.67. The Morgan fingerprint density at radius 2 is 2.04 bits per heavy atom. The van der Waals surface area contributed by atoms with Crippen LogP contribution in [0.2, 0.25) is 0 Å². The number of hydrogen-bond donors (Lipinski definition) is 2. The largest absolute Gasteiger partial charge is 0.491 e. The van der Waals surface area contributed by atoms with E-state index in [9.17, 15) is 9.90 Å². The van der Waals surface area contributed by atoms with Crippen LogP contribution in [0, 0.1) is 0 Å². The van der Waals surface area contributed by atoms with Gasteiger partial charge in [0.05, 0.1) is 12.2 Å². The molecule has 26 heavy (non-hydrogen) atoms. The number of likely N-dealkylation sites (tertiary alicyclic amines) is 1. The Balaban J connectivity index is 1.65. The van der Waals surface area contributed by atoms with Gasteiger partial charge >= 0.3 is 5.97 Å². The minimum Gasteiger partial charge on any atom is -0.491 e. The molecule has 2 aromatic carbocycles. The summed E-state index contributed by atoms with van der Waals surface area (Å²) in [7, 11) is 0. The molecule has 1 heterocycles. The standard InChI is InChI=1S/C21H25NO4/c23-10-11-26-20-8-1-4-16(12-20)14-22-9-3-7-19(15-22)17-5-2-6-18(13-17)21(24)25/h1-2,4-6,8,12-13,19,23H,3,7,9-11,14-15H2,(H,24,25)/t19-/m0/s1. The average molecular weight is 355 g/mol. The maximum atomic E-state index is 11.2. The molecule has 1 saturated heterocycles. The molecule has 3 rings (SSSR count). The molecule has 1 fully saturated rings. The zero-order valence-electron chi connectivity index (χ0n) is 14.8. The molecule has 0 spiro atoms. The molecule has 1 aliphatic heterocycles. The van der Waals surface area contributed by atoms with Gasteiger partial charge in [-0.3, -0.25) is 4.90 Å². The van der Waals surface area contributed by atoms with Crippen LogP contribution >= 0.6 is 0 Å². The first-order valence-corrected chi connectivity index (χ1v) is 9.04. The van der Waals surface area contributed by atoms with Gasteiger partial charge in [0.15, 0.2) is 0 Å². The summed E-state index contributed by atoms with van der Waals surface area (Å²) in [6.07, 6.45) is 2.18. The summed E-state index contributed by atoms with van der Waals surface area (Å²) < 4.78 is 5.49. The lowest BCUT2D eigenvalue weighted by molar-refractivity contribution is 0.0696. The molecule has 1 aliphatic rings. The van der Waals surface area contributed by atoms with Crippen molar-refractivity contribution < 1.29 is 19.7 Å². The molecule has 5 heteroatoms. The van der Waals surface area contributed by atoms with Gasteiger partial charge in [-0.15, -0.1) is 0 Å². The highest BCUT2D eigenvalue weighted by Crippen LogP contribution is 2.28. The van der Waals surface area contributed by atoms with E-state index in [0.29, 0.717) is 18.1 Å². The van der Waals surface area contributed by atoms with E-state index in [2.05, 4.69) is 11.0 Å². The van der Waals surface area contributed by atoms with Crippen LogP contribution in [0.25, 0.3) is 0 Å². The highest BCUT2D eigenvalue weighted by Gasteiger charge is 2.22. The van der Waals surface area contributed by atoms with E-state index >= 15 is 0 Å². The maximum absolute atomic E-state index is 11.2. The minimum atomic E-state index is -0.876. The molecular formula is C21H25NO4. The van der Waals surface area contributed by atoms with Gasteiger partial charge in [0, 0.05) is 13.1 Å². The lowest BCUT2D eigenvalue weighted by atomic mass is 9.89. The quantitative estimate of drug-likeness (QED) is 0.798. The van der Waals surface area contributed by atoms with E-state index in [1.54, 1.807) is 12.1 Å². The summed E-state index contributed by atoms with van der Waals surface area (Å²) in [6.45, 7) is 3.11. The molecule has 0 bridgehead atoms. The fourth-order valence-corrected chi connectivity index (χ4v) is 3.55. The second kappa shape index (κ2) is 8.83. The number of hydrogen-bond acceptors (Lipinski definition) is 4. The number of aliphatic hydroxyl groups is 1. The Kier molecular flexibility index (Phi) is 6.26. The van der Waals surface area contributed by atoms with Gasteiger partial charge in [-0.2, -0.15) is 0 Å². The predicted molar refractivity (Wildman–Crippen MR) is 99.7 cm³/mol.